The summed E-state index contributed by atoms with van der Waals surface area (Å²) < 4.78 is 19.3. The normalized spacial score (nSPS) is 16.8. The topological polar surface area (TPSA) is 47.3 Å². The lowest BCUT2D eigenvalue weighted by Crippen LogP contribution is -2.30. The molecule has 0 amide bonds. The van der Waals surface area contributed by atoms with Crippen molar-refractivity contribution in [3.05, 3.63) is 47.0 Å². The summed E-state index contributed by atoms with van der Waals surface area (Å²) in [5.41, 5.74) is 3.73. The summed E-state index contributed by atoms with van der Waals surface area (Å²) in [4.78, 5) is 0. The van der Waals surface area contributed by atoms with Crippen LogP contribution in [0.15, 0.2) is 30.0 Å². The van der Waals surface area contributed by atoms with Crippen LogP contribution in [-0.4, -0.2) is 6.61 Å². The molecule has 0 aromatic heterocycles. The van der Waals surface area contributed by atoms with Crippen LogP contribution in [0.1, 0.15) is 23.6 Å². The van der Waals surface area contributed by atoms with Crippen molar-refractivity contribution >= 4 is 0 Å². The van der Waals surface area contributed by atoms with Crippen molar-refractivity contribution in [3.8, 4) is 0 Å². The third-order valence-electron chi connectivity index (χ3n) is 2.72. The molecular formula is C12H15FN2O. The van der Waals surface area contributed by atoms with Gasteiger partial charge in [0, 0.05) is 12.0 Å². The van der Waals surface area contributed by atoms with Crippen LogP contribution in [-0.2, 0) is 4.74 Å². The summed E-state index contributed by atoms with van der Waals surface area (Å²) in [7, 11) is 0. The van der Waals surface area contributed by atoms with Gasteiger partial charge < -0.3 is 4.74 Å². The van der Waals surface area contributed by atoms with Gasteiger partial charge in [-0.25, -0.2) is 9.82 Å². The molecule has 1 unspecified atom stereocenters. The lowest BCUT2D eigenvalue weighted by Gasteiger charge is -2.18. The molecule has 0 bridgehead atoms. The standard InChI is InChI=1S/C12H15FN2O/c1-8-4-2-5-9(11(8)13)12(15-14)10-6-3-7-16-10/h2,4-6,12,15H,3,7,14H2,1H3. The molecule has 16 heavy (non-hydrogen) atoms. The summed E-state index contributed by atoms with van der Waals surface area (Å²) in [6.45, 7) is 2.37. The Hall–Kier alpha value is -1.39. The second-order valence-electron chi connectivity index (χ2n) is 3.82. The van der Waals surface area contributed by atoms with Crippen molar-refractivity contribution in [2.24, 2.45) is 5.84 Å². The molecule has 86 valence electrons. The van der Waals surface area contributed by atoms with Gasteiger partial charge in [-0.3, -0.25) is 5.84 Å². The minimum Gasteiger partial charge on any atom is -0.496 e. The first-order valence-corrected chi connectivity index (χ1v) is 5.28. The summed E-state index contributed by atoms with van der Waals surface area (Å²) in [5, 5.41) is 0. The Morgan fingerprint density at radius 2 is 2.31 bits per heavy atom. The quantitative estimate of drug-likeness (QED) is 0.607. The lowest BCUT2D eigenvalue weighted by atomic mass is 10.0. The van der Waals surface area contributed by atoms with E-state index in [1.807, 2.05) is 12.1 Å². The second kappa shape index (κ2) is 4.63. The summed E-state index contributed by atoms with van der Waals surface area (Å²) in [6, 6.07) is 4.86. The van der Waals surface area contributed by atoms with Gasteiger partial charge in [-0.2, -0.15) is 0 Å². The van der Waals surface area contributed by atoms with Gasteiger partial charge in [-0.05, 0) is 18.6 Å². The number of nitrogens with two attached hydrogens (primary N) is 1. The number of ether oxygens (including phenoxy) is 1. The lowest BCUT2D eigenvalue weighted by molar-refractivity contribution is 0.214. The van der Waals surface area contributed by atoms with E-state index in [4.69, 9.17) is 10.6 Å². The van der Waals surface area contributed by atoms with E-state index in [9.17, 15) is 4.39 Å². The number of hydrazine groups is 1. The van der Waals surface area contributed by atoms with Gasteiger partial charge in [0.1, 0.15) is 17.6 Å². The van der Waals surface area contributed by atoms with Crippen LogP contribution in [0.4, 0.5) is 4.39 Å². The van der Waals surface area contributed by atoms with E-state index >= 15 is 0 Å². The first-order chi connectivity index (χ1) is 7.74. The Labute approximate surface area is 94.1 Å². The molecule has 1 heterocycles. The van der Waals surface area contributed by atoms with Crippen LogP contribution >= 0.6 is 0 Å². The van der Waals surface area contributed by atoms with Crippen molar-refractivity contribution in [1.29, 1.82) is 0 Å². The molecule has 1 aromatic rings. The fraction of sp³-hybridized carbons (Fsp3) is 0.333. The van der Waals surface area contributed by atoms with Crippen molar-refractivity contribution < 1.29 is 9.13 Å². The third kappa shape index (κ3) is 1.94. The Morgan fingerprint density at radius 1 is 1.50 bits per heavy atom. The number of halogens is 1. The molecule has 1 aromatic carbocycles. The molecule has 2 rings (SSSR count). The third-order valence-corrected chi connectivity index (χ3v) is 2.72. The molecule has 4 heteroatoms. The zero-order chi connectivity index (χ0) is 11.5. The zero-order valence-corrected chi connectivity index (χ0v) is 9.16. The predicted molar refractivity (Wildman–Crippen MR) is 59.9 cm³/mol. The van der Waals surface area contributed by atoms with E-state index in [-0.39, 0.29) is 5.82 Å². The Bertz CT molecular complexity index is 417. The Balaban J connectivity index is 2.36. The molecule has 1 aliphatic rings. The molecule has 3 nitrogen and oxygen atoms in total. The number of hydrogen-bond acceptors (Lipinski definition) is 3. The molecule has 1 aliphatic heterocycles. The highest BCUT2D eigenvalue weighted by atomic mass is 19.1. The van der Waals surface area contributed by atoms with Gasteiger partial charge in [-0.1, -0.05) is 18.2 Å². The SMILES string of the molecule is Cc1cccc(C(NN)C2=CCCO2)c1F. The maximum Gasteiger partial charge on any atom is 0.131 e. The van der Waals surface area contributed by atoms with Crippen LogP contribution in [0.5, 0.6) is 0 Å². The largest absolute Gasteiger partial charge is 0.496 e. The second-order valence-corrected chi connectivity index (χ2v) is 3.82. The smallest absolute Gasteiger partial charge is 0.131 e. The number of benzene rings is 1. The summed E-state index contributed by atoms with van der Waals surface area (Å²) in [6.07, 6.45) is 2.78. The number of aryl methyl sites for hydroxylation is 1. The molecule has 0 spiro atoms. The van der Waals surface area contributed by atoms with Crippen molar-refractivity contribution in [3.63, 3.8) is 0 Å². The molecule has 0 saturated heterocycles. The van der Waals surface area contributed by atoms with Crippen LogP contribution in [0.3, 0.4) is 0 Å². The fourth-order valence-corrected chi connectivity index (χ4v) is 1.86. The maximum absolute atomic E-state index is 13.9. The molecule has 3 N–H and O–H groups in total. The number of rotatable bonds is 3. The van der Waals surface area contributed by atoms with E-state index in [0.29, 0.717) is 23.5 Å². The summed E-state index contributed by atoms with van der Waals surface area (Å²) in [5.74, 6) is 5.93. The highest BCUT2D eigenvalue weighted by Crippen LogP contribution is 2.28. The first-order valence-electron chi connectivity index (χ1n) is 5.28. The van der Waals surface area contributed by atoms with Gasteiger partial charge in [0.15, 0.2) is 0 Å². The number of nitrogens with one attached hydrogen (secondary N) is 1. The molecule has 0 saturated carbocycles. The van der Waals surface area contributed by atoms with E-state index in [1.54, 1.807) is 19.1 Å². The van der Waals surface area contributed by atoms with Gasteiger partial charge in [0.25, 0.3) is 0 Å². The zero-order valence-electron chi connectivity index (χ0n) is 9.16. The molecule has 0 fully saturated rings. The van der Waals surface area contributed by atoms with Crippen molar-refractivity contribution in [2.75, 3.05) is 6.61 Å². The van der Waals surface area contributed by atoms with Gasteiger partial charge in [0.2, 0.25) is 0 Å². The van der Waals surface area contributed by atoms with Gasteiger partial charge in [-0.15, -0.1) is 0 Å². The Kier molecular flexibility index (Phi) is 3.22. The van der Waals surface area contributed by atoms with E-state index < -0.39 is 6.04 Å². The molecule has 1 atom stereocenters. The van der Waals surface area contributed by atoms with Crippen molar-refractivity contribution in [1.82, 2.24) is 5.43 Å². The van der Waals surface area contributed by atoms with Crippen LogP contribution in [0.25, 0.3) is 0 Å². The average Bonchev–Trinajstić information content (AvgIpc) is 2.79. The average molecular weight is 222 g/mol. The molecular weight excluding hydrogens is 207 g/mol. The first kappa shape index (κ1) is 11.1. The summed E-state index contributed by atoms with van der Waals surface area (Å²) >= 11 is 0. The van der Waals surface area contributed by atoms with Crippen LogP contribution in [0.2, 0.25) is 0 Å². The Morgan fingerprint density at radius 3 is 2.94 bits per heavy atom. The van der Waals surface area contributed by atoms with E-state index in [0.717, 1.165) is 6.42 Å². The fourth-order valence-electron chi connectivity index (χ4n) is 1.86. The van der Waals surface area contributed by atoms with Gasteiger partial charge in [0.05, 0.1) is 6.61 Å². The van der Waals surface area contributed by atoms with E-state index in [2.05, 4.69) is 5.43 Å². The highest BCUT2D eigenvalue weighted by Gasteiger charge is 2.22. The highest BCUT2D eigenvalue weighted by molar-refractivity contribution is 5.32. The molecule has 0 aliphatic carbocycles. The maximum atomic E-state index is 13.9. The minimum absolute atomic E-state index is 0.234. The number of hydrogen-bond donors (Lipinski definition) is 2. The van der Waals surface area contributed by atoms with E-state index in [1.165, 1.54) is 0 Å². The van der Waals surface area contributed by atoms with Gasteiger partial charge >= 0.3 is 0 Å². The minimum atomic E-state index is -0.401. The van der Waals surface area contributed by atoms with Crippen LogP contribution < -0.4 is 11.3 Å². The monoisotopic (exact) mass is 222 g/mol. The predicted octanol–water partition coefficient (Wildman–Crippen LogP) is 1.94. The van der Waals surface area contributed by atoms with Crippen LogP contribution in [0, 0.1) is 12.7 Å². The molecule has 0 radical (unpaired) electrons. The van der Waals surface area contributed by atoms with Crippen molar-refractivity contribution in [2.45, 2.75) is 19.4 Å².